The van der Waals surface area contributed by atoms with Crippen molar-refractivity contribution in [2.45, 2.75) is 6.54 Å². The van der Waals surface area contributed by atoms with Gasteiger partial charge in [0.15, 0.2) is 4.67 Å². The van der Waals surface area contributed by atoms with E-state index in [9.17, 15) is 9.59 Å². The van der Waals surface area contributed by atoms with Crippen LogP contribution in [-0.2, 0) is 11.3 Å². The van der Waals surface area contributed by atoms with Crippen molar-refractivity contribution in [3.05, 3.63) is 63.1 Å². The van der Waals surface area contributed by atoms with Crippen molar-refractivity contribution < 1.29 is 14.0 Å². The summed E-state index contributed by atoms with van der Waals surface area (Å²) in [5, 5.41) is 3.14. The molecule has 3 amide bonds. The van der Waals surface area contributed by atoms with Crippen molar-refractivity contribution in [1.82, 2.24) is 10.2 Å². The van der Waals surface area contributed by atoms with Crippen LogP contribution in [-0.4, -0.2) is 16.8 Å². The van der Waals surface area contributed by atoms with E-state index >= 15 is 0 Å². The van der Waals surface area contributed by atoms with Gasteiger partial charge in [0.05, 0.1) is 6.54 Å². The highest BCUT2D eigenvalue weighted by Gasteiger charge is 2.33. The molecule has 0 spiro atoms. The molecule has 0 bridgehead atoms. The van der Waals surface area contributed by atoms with Crippen molar-refractivity contribution in [3.8, 4) is 0 Å². The van der Waals surface area contributed by atoms with E-state index in [1.165, 1.54) is 6.08 Å². The standard InChI is InChI=1S/C15H10BrClN2O3/c16-13-6-5-11(22-13)7-12-14(20)19(15(21)18-12)8-9-1-3-10(17)4-2-9/h1-7H,8H2,(H,18,21). The minimum Gasteiger partial charge on any atom is -0.450 e. The van der Waals surface area contributed by atoms with Gasteiger partial charge in [-0.15, -0.1) is 0 Å². The number of nitrogens with zero attached hydrogens (tertiary/aromatic N) is 1. The lowest BCUT2D eigenvalue weighted by atomic mass is 10.2. The molecule has 1 aliphatic rings. The SMILES string of the molecule is O=C1NC(=Cc2ccc(Br)o2)C(=O)N1Cc1ccc(Cl)cc1. The fourth-order valence-corrected chi connectivity index (χ4v) is 2.48. The summed E-state index contributed by atoms with van der Waals surface area (Å²) in [5.74, 6) is 0.0799. The molecule has 0 aliphatic carbocycles. The number of halogens is 2. The minimum absolute atomic E-state index is 0.181. The molecule has 5 nitrogen and oxygen atoms in total. The van der Waals surface area contributed by atoms with Crippen LogP contribution in [0.4, 0.5) is 4.79 Å². The van der Waals surface area contributed by atoms with Crippen LogP contribution in [0.15, 0.2) is 51.2 Å². The molecule has 0 unspecified atom stereocenters. The Morgan fingerprint density at radius 1 is 1.18 bits per heavy atom. The zero-order chi connectivity index (χ0) is 15.7. The molecular weight excluding hydrogens is 372 g/mol. The highest BCUT2D eigenvalue weighted by Crippen LogP contribution is 2.20. The first-order chi connectivity index (χ1) is 10.5. The van der Waals surface area contributed by atoms with Gasteiger partial charge in [0.2, 0.25) is 0 Å². The summed E-state index contributed by atoms with van der Waals surface area (Å²) >= 11 is 9.00. The number of urea groups is 1. The topological polar surface area (TPSA) is 62.6 Å². The Balaban J connectivity index is 1.79. The summed E-state index contributed by atoms with van der Waals surface area (Å²) in [6.45, 7) is 0.182. The number of benzene rings is 1. The number of hydrogen-bond acceptors (Lipinski definition) is 3. The van der Waals surface area contributed by atoms with Crippen molar-refractivity contribution >= 4 is 45.5 Å². The molecule has 1 aromatic heterocycles. The van der Waals surface area contributed by atoms with E-state index in [4.69, 9.17) is 16.0 Å². The molecule has 3 rings (SSSR count). The Morgan fingerprint density at radius 3 is 2.55 bits per heavy atom. The molecule has 1 N–H and O–H groups in total. The van der Waals surface area contributed by atoms with Gasteiger partial charge in [-0.25, -0.2) is 4.79 Å². The maximum Gasteiger partial charge on any atom is 0.329 e. The third kappa shape index (κ3) is 3.08. The minimum atomic E-state index is -0.461. The molecule has 0 radical (unpaired) electrons. The maximum absolute atomic E-state index is 12.3. The zero-order valence-electron chi connectivity index (χ0n) is 11.2. The van der Waals surface area contributed by atoms with Gasteiger partial charge in [-0.1, -0.05) is 23.7 Å². The smallest absolute Gasteiger partial charge is 0.329 e. The number of nitrogens with one attached hydrogen (secondary N) is 1. The number of rotatable bonds is 3. The quantitative estimate of drug-likeness (QED) is 0.650. The van der Waals surface area contributed by atoms with Crippen LogP contribution in [0.5, 0.6) is 0 Å². The number of carbonyl (C=O) groups is 2. The Morgan fingerprint density at radius 2 is 1.91 bits per heavy atom. The van der Waals surface area contributed by atoms with Crippen LogP contribution in [0.3, 0.4) is 0 Å². The molecule has 1 saturated heterocycles. The van der Waals surface area contributed by atoms with Crippen LogP contribution in [0.2, 0.25) is 5.02 Å². The van der Waals surface area contributed by atoms with Crippen LogP contribution in [0, 0.1) is 0 Å². The van der Waals surface area contributed by atoms with Crippen molar-refractivity contribution in [2.24, 2.45) is 0 Å². The average Bonchev–Trinajstić information content (AvgIpc) is 3.00. The van der Waals surface area contributed by atoms with Crippen LogP contribution >= 0.6 is 27.5 Å². The number of carbonyl (C=O) groups excluding carboxylic acids is 2. The lowest BCUT2D eigenvalue weighted by Crippen LogP contribution is -2.30. The second-order valence-electron chi connectivity index (χ2n) is 4.65. The fourth-order valence-electron chi connectivity index (χ4n) is 2.04. The molecule has 2 aromatic rings. The van der Waals surface area contributed by atoms with Gasteiger partial charge in [-0.3, -0.25) is 9.69 Å². The lowest BCUT2D eigenvalue weighted by Gasteiger charge is -2.11. The Kier molecular flexibility index (Phi) is 4.04. The molecule has 22 heavy (non-hydrogen) atoms. The molecule has 1 fully saturated rings. The summed E-state index contributed by atoms with van der Waals surface area (Å²) in [4.78, 5) is 25.4. The Hall–Kier alpha value is -2.05. The van der Waals surface area contributed by atoms with E-state index in [-0.39, 0.29) is 12.2 Å². The van der Waals surface area contributed by atoms with Gasteiger partial charge in [-0.05, 0) is 45.8 Å². The van der Waals surface area contributed by atoms with E-state index < -0.39 is 11.9 Å². The van der Waals surface area contributed by atoms with Gasteiger partial charge in [-0.2, -0.15) is 0 Å². The molecule has 0 atom stereocenters. The largest absolute Gasteiger partial charge is 0.450 e. The van der Waals surface area contributed by atoms with Gasteiger partial charge < -0.3 is 9.73 Å². The van der Waals surface area contributed by atoms with E-state index in [1.54, 1.807) is 36.4 Å². The summed E-state index contributed by atoms with van der Waals surface area (Å²) in [5.41, 5.74) is 0.996. The molecule has 7 heteroatoms. The fraction of sp³-hybridized carbons (Fsp3) is 0.0667. The first-order valence-corrected chi connectivity index (χ1v) is 7.54. The summed E-state index contributed by atoms with van der Waals surface area (Å²) in [6.07, 6.45) is 1.49. The van der Waals surface area contributed by atoms with Crippen molar-refractivity contribution in [2.75, 3.05) is 0 Å². The number of hydrogen-bond donors (Lipinski definition) is 1. The normalized spacial score (nSPS) is 16.5. The Labute approximate surface area is 139 Å². The molecule has 2 heterocycles. The summed E-state index contributed by atoms with van der Waals surface area (Å²) in [7, 11) is 0. The lowest BCUT2D eigenvalue weighted by molar-refractivity contribution is -0.123. The van der Waals surface area contributed by atoms with Crippen LogP contribution in [0.25, 0.3) is 6.08 Å². The van der Waals surface area contributed by atoms with Gasteiger partial charge in [0, 0.05) is 11.1 Å². The number of imide groups is 1. The Bertz CT molecular complexity index is 767. The monoisotopic (exact) mass is 380 g/mol. The van der Waals surface area contributed by atoms with E-state index in [0.717, 1.165) is 10.5 Å². The maximum atomic E-state index is 12.3. The third-order valence-electron chi connectivity index (χ3n) is 3.10. The first kappa shape index (κ1) is 14.9. The predicted molar refractivity (Wildman–Crippen MR) is 84.9 cm³/mol. The van der Waals surface area contributed by atoms with E-state index in [1.807, 2.05) is 0 Å². The van der Waals surface area contributed by atoms with Gasteiger partial charge >= 0.3 is 6.03 Å². The van der Waals surface area contributed by atoms with Crippen LogP contribution < -0.4 is 5.32 Å². The second-order valence-corrected chi connectivity index (χ2v) is 5.87. The van der Waals surface area contributed by atoms with E-state index in [0.29, 0.717) is 15.5 Å². The van der Waals surface area contributed by atoms with Gasteiger partial charge in [0.25, 0.3) is 5.91 Å². The summed E-state index contributed by atoms with van der Waals surface area (Å²) in [6, 6.07) is 9.91. The molecular formula is C15H10BrClN2O3. The predicted octanol–water partition coefficient (Wildman–Crippen LogP) is 3.79. The number of furan rings is 1. The van der Waals surface area contributed by atoms with Crippen molar-refractivity contribution in [1.29, 1.82) is 0 Å². The first-order valence-electron chi connectivity index (χ1n) is 6.37. The highest BCUT2D eigenvalue weighted by atomic mass is 79.9. The average molecular weight is 382 g/mol. The second kappa shape index (κ2) is 5.98. The third-order valence-corrected chi connectivity index (χ3v) is 3.78. The number of amides is 3. The van der Waals surface area contributed by atoms with Gasteiger partial charge in [0.1, 0.15) is 11.5 Å². The molecule has 112 valence electrons. The van der Waals surface area contributed by atoms with Crippen molar-refractivity contribution in [3.63, 3.8) is 0 Å². The highest BCUT2D eigenvalue weighted by molar-refractivity contribution is 9.10. The molecule has 1 aromatic carbocycles. The summed E-state index contributed by atoms with van der Waals surface area (Å²) < 4.78 is 5.85. The molecule has 0 saturated carbocycles. The zero-order valence-corrected chi connectivity index (χ0v) is 13.5. The molecule has 1 aliphatic heterocycles. The van der Waals surface area contributed by atoms with E-state index in [2.05, 4.69) is 21.2 Å². The van der Waals surface area contributed by atoms with Crippen LogP contribution in [0.1, 0.15) is 11.3 Å².